The van der Waals surface area contributed by atoms with Gasteiger partial charge in [0.1, 0.15) is 11.6 Å². The zero-order chi connectivity index (χ0) is 9.54. The first-order chi connectivity index (χ1) is 6.84. The molecule has 1 fully saturated rings. The number of anilines is 1. The smallest absolute Gasteiger partial charge is 0.186 e. The van der Waals surface area contributed by atoms with Crippen molar-refractivity contribution in [3.63, 3.8) is 0 Å². The molecule has 0 atom stereocenters. The van der Waals surface area contributed by atoms with E-state index in [1.54, 1.807) is 6.20 Å². The topological polar surface area (TPSA) is 96.3 Å². The average molecular weight is 190 g/mol. The molecule has 14 heavy (non-hydrogen) atoms. The summed E-state index contributed by atoms with van der Waals surface area (Å²) in [5.41, 5.74) is 6.42. The number of H-pyrrole nitrogens is 2. The fraction of sp³-hybridized carbons (Fsp3) is 0.375. The van der Waals surface area contributed by atoms with E-state index in [9.17, 15) is 0 Å². The van der Waals surface area contributed by atoms with Crippen molar-refractivity contribution in [2.45, 2.75) is 18.8 Å². The van der Waals surface area contributed by atoms with Crippen LogP contribution in [0.2, 0.25) is 0 Å². The van der Waals surface area contributed by atoms with Gasteiger partial charge in [0.15, 0.2) is 5.82 Å². The largest absolute Gasteiger partial charge is 0.383 e. The van der Waals surface area contributed by atoms with Gasteiger partial charge in [-0.3, -0.25) is 10.2 Å². The molecule has 0 amide bonds. The Morgan fingerprint density at radius 3 is 2.86 bits per heavy atom. The van der Waals surface area contributed by atoms with Crippen LogP contribution in [0.1, 0.15) is 24.6 Å². The molecule has 0 spiro atoms. The first kappa shape index (κ1) is 7.54. The number of aromatic nitrogens is 5. The number of rotatable bonds is 2. The van der Waals surface area contributed by atoms with E-state index in [1.165, 1.54) is 12.8 Å². The van der Waals surface area contributed by atoms with Crippen LogP contribution in [-0.2, 0) is 0 Å². The molecule has 2 aromatic rings. The van der Waals surface area contributed by atoms with Crippen molar-refractivity contribution in [1.29, 1.82) is 0 Å². The fourth-order valence-electron chi connectivity index (χ4n) is 1.41. The summed E-state index contributed by atoms with van der Waals surface area (Å²) in [6, 6.07) is 0. The van der Waals surface area contributed by atoms with Gasteiger partial charge in [0, 0.05) is 5.92 Å². The van der Waals surface area contributed by atoms with E-state index < -0.39 is 0 Å². The normalized spacial score (nSPS) is 16.0. The van der Waals surface area contributed by atoms with E-state index in [4.69, 9.17) is 5.73 Å². The Morgan fingerprint density at radius 1 is 1.36 bits per heavy atom. The summed E-state index contributed by atoms with van der Waals surface area (Å²) in [5.74, 6) is 2.66. The van der Waals surface area contributed by atoms with Crippen molar-refractivity contribution in [3.8, 4) is 11.4 Å². The molecule has 0 radical (unpaired) electrons. The highest BCUT2D eigenvalue weighted by atomic mass is 15.2. The molecule has 1 aliphatic carbocycles. The predicted octanol–water partition coefficient (Wildman–Crippen LogP) is 0.654. The molecule has 0 bridgehead atoms. The van der Waals surface area contributed by atoms with Crippen molar-refractivity contribution in [1.82, 2.24) is 25.4 Å². The molecule has 4 N–H and O–H groups in total. The second-order valence-corrected chi connectivity index (χ2v) is 3.52. The van der Waals surface area contributed by atoms with Gasteiger partial charge in [-0.25, -0.2) is 4.98 Å². The molecule has 3 rings (SSSR count). The maximum atomic E-state index is 5.66. The molecule has 0 aliphatic heterocycles. The zero-order valence-electron chi connectivity index (χ0n) is 7.49. The van der Waals surface area contributed by atoms with Gasteiger partial charge < -0.3 is 5.73 Å². The molecule has 0 unspecified atom stereocenters. The Bertz CT molecular complexity index is 452. The third-order valence-corrected chi connectivity index (χ3v) is 2.38. The highest BCUT2D eigenvalue weighted by molar-refractivity contribution is 5.66. The van der Waals surface area contributed by atoms with E-state index >= 15 is 0 Å². The minimum Gasteiger partial charge on any atom is -0.383 e. The van der Waals surface area contributed by atoms with Crippen LogP contribution in [0.4, 0.5) is 5.82 Å². The van der Waals surface area contributed by atoms with Crippen LogP contribution in [0.15, 0.2) is 6.20 Å². The van der Waals surface area contributed by atoms with Crippen LogP contribution in [0.25, 0.3) is 11.4 Å². The van der Waals surface area contributed by atoms with Crippen LogP contribution in [0, 0.1) is 0 Å². The predicted molar refractivity (Wildman–Crippen MR) is 50.4 cm³/mol. The molecule has 2 heterocycles. The Kier molecular flexibility index (Phi) is 1.38. The van der Waals surface area contributed by atoms with Crippen LogP contribution in [0.5, 0.6) is 0 Å². The lowest BCUT2D eigenvalue weighted by Gasteiger charge is -1.89. The van der Waals surface area contributed by atoms with E-state index in [0.29, 0.717) is 17.6 Å². The Labute approximate surface area is 79.9 Å². The van der Waals surface area contributed by atoms with Crippen molar-refractivity contribution in [2.75, 3.05) is 5.73 Å². The molecule has 1 saturated carbocycles. The van der Waals surface area contributed by atoms with Gasteiger partial charge in [-0.05, 0) is 12.8 Å². The summed E-state index contributed by atoms with van der Waals surface area (Å²) in [7, 11) is 0. The quantitative estimate of drug-likeness (QED) is 0.647. The maximum Gasteiger partial charge on any atom is 0.186 e. The molecule has 0 aromatic carbocycles. The first-order valence-electron chi connectivity index (χ1n) is 4.56. The number of nitrogen functional groups attached to an aromatic ring is 1. The highest BCUT2D eigenvalue weighted by Crippen LogP contribution is 2.38. The van der Waals surface area contributed by atoms with Gasteiger partial charge in [0.2, 0.25) is 0 Å². The first-order valence-corrected chi connectivity index (χ1v) is 4.56. The molecular weight excluding hydrogens is 180 g/mol. The summed E-state index contributed by atoms with van der Waals surface area (Å²) < 4.78 is 0. The fourth-order valence-corrected chi connectivity index (χ4v) is 1.41. The maximum absolute atomic E-state index is 5.66. The molecule has 6 heteroatoms. The van der Waals surface area contributed by atoms with Gasteiger partial charge in [0.05, 0.1) is 11.8 Å². The summed E-state index contributed by atoms with van der Waals surface area (Å²) in [6.07, 6.45) is 4.04. The summed E-state index contributed by atoms with van der Waals surface area (Å²) in [4.78, 5) is 4.37. The van der Waals surface area contributed by atoms with Crippen LogP contribution < -0.4 is 5.73 Å². The van der Waals surface area contributed by atoms with Gasteiger partial charge >= 0.3 is 0 Å². The minimum atomic E-state index is 0.506. The van der Waals surface area contributed by atoms with E-state index in [2.05, 4.69) is 25.4 Å². The van der Waals surface area contributed by atoms with Crippen LogP contribution in [0.3, 0.4) is 0 Å². The average Bonchev–Trinajstić information content (AvgIpc) is 2.75. The zero-order valence-corrected chi connectivity index (χ0v) is 7.49. The number of nitrogens with zero attached hydrogens (tertiary/aromatic N) is 3. The second kappa shape index (κ2) is 2.57. The van der Waals surface area contributed by atoms with Gasteiger partial charge in [-0.1, -0.05) is 0 Å². The SMILES string of the molecule is Nc1[nH]ncc1-c1n[nH]c(C2CC2)n1. The van der Waals surface area contributed by atoms with Crippen molar-refractivity contribution in [3.05, 3.63) is 12.0 Å². The number of hydrogen-bond acceptors (Lipinski definition) is 4. The Morgan fingerprint density at radius 2 is 2.21 bits per heavy atom. The molecule has 6 nitrogen and oxygen atoms in total. The van der Waals surface area contributed by atoms with Crippen molar-refractivity contribution < 1.29 is 0 Å². The lowest BCUT2D eigenvalue weighted by atomic mass is 10.3. The Balaban J connectivity index is 1.99. The highest BCUT2D eigenvalue weighted by Gasteiger charge is 2.27. The summed E-state index contributed by atoms with van der Waals surface area (Å²) in [5, 5.41) is 13.5. The molecular formula is C8H10N6. The van der Waals surface area contributed by atoms with E-state index in [1.807, 2.05) is 0 Å². The number of nitrogens with one attached hydrogen (secondary N) is 2. The summed E-state index contributed by atoms with van der Waals surface area (Å²) in [6.45, 7) is 0. The standard InChI is InChI=1S/C8H10N6/c9-6-5(3-10-12-6)8-11-7(13-14-8)4-1-2-4/h3-4H,1-2H2,(H3,9,10,12)(H,11,13,14). The number of hydrogen-bond donors (Lipinski definition) is 3. The van der Waals surface area contributed by atoms with Gasteiger partial charge in [0.25, 0.3) is 0 Å². The lowest BCUT2D eigenvalue weighted by molar-refractivity contribution is 0.935. The molecule has 2 aromatic heterocycles. The lowest BCUT2D eigenvalue weighted by Crippen LogP contribution is -1.88. The van der Waals surface area contributed by atoms with E-state index in [-0.39, 0.29) is 0 Å². The summed E-state index contributed by atoms with van der Waals surface area (Å²) >= 11 is 0. The van der Waals surface area contributed by atoms with Crippen LogP contribution >= 0.6 is 0 Å². The minimum absolute atomic E-state index is 0.506. The van der Waals surface area contributed by atoms with Crippen LogP contribution in [-0.4, -0.2) is 25.4 Å². The molecule has 1 aliphatic rings. The Hall–Kier alpha value is -1.85. The van der Waals surface area contributed by atoms with E-state index in [0.717, 1.165) is 11.4 Å². The number of aromatic amines is 2. The van der Waals surface area contributed by atoms with Crippen molar-refractivity contribution in [2.24, 2.45) is 0 Å². The van der Waals surface area contributed by atoms with Crippen molar-refractivity contribution >= 4 is 5.82 Å². The third kappa shape index (κ3) is 1.07. The van der Waals surface area contributed by atoms with Gasteiger partial charge in [-0.2, -0.15) is 10.2 Å². The monoisotopic (exact) mass is 190 g/mol. The second-order valence-electron chi connectivity index (χ2n) is 3.52. The third-order valence-electron chi connectivity index (χ3n) is 2.38. The molecule has 0 saturated heterocycles. The van der Waals surface area contributed by atoms with Gasteiger partial charge in [-0.15, -0.1) is 0 Å². The number of nitrogens with two attached hydrogens (primary N) is 1. The molecule has 72 valence electrons.